The van der Waals surface area contributed by atoms with Gasteiger partial charge in [0.2, 0.25) is 0 Å². The van der Waals surface area contributed by atoms with E-state index in [2.05, 4.69) is 51.4 Å². The lowest BCUT2D eigenvalue weighted by Crippen LogP contribution is -2.62. The Labute approximate surface area is 130 Å². The predicted molar refractivity (Wildman–Crippen MR) is 86.3 cm³/mol. The van der Waals surface area contributed by atoms with Gasteiger partial charge in [0, 0.05) is 34.4 Å². The highest BCUT2D eigenvalue weighted by Crippen LogP contribution is 2.36. The topological polar surface area (TPSA) is 54.2 Å². The van der Waals surface area contributed by atoms with E-state index in [1.807, 2.05) is 12.3 Å². The van der Waals surface area contributed by atoms with Gasteiger partial charge >= 0.3 is 0 Å². The average Bonchev–Trinajstić information content (AvgIpc) is 2.47. The second-order valence-electron chi connectivity index (χ2n) is 5.95. The van der Waals surface area contributed by atoms with Gasteiger partial charge in [0.05, 0.1) is 0 Å². The first-order valence-corrected chi connectivity index (χ1v) is 8.12. The van der Waals surface area contributed by atoms with Crippen molar-refractivity contribution >= 4 is 15.9 Å². The third kappa shape index (κ3) is 3.39. The van der Waals surface area contributed by atoms with Gasteiger partial charge in [-0.2, -0.15) is 0 Å². The molecule has 1 aliphatic rings. The molecule has 1 aromatic rings. The van der Waals surface area contributed by atoms with E-state index in [4.69, 9.17) is 5.84 Å². The lowest BCUT2D eigenvalue weighted by Gasteiger charge is -2.48. The van der Waals surface area contributed by atoms with Crippen molar-refractivity contribution in [1.82, 2.24) is 15.3 Å². The van der Waals surface area contributed by atoms with Gasteiger partial charge in [-0.1, -0.05) is 19.3 Å². The summed E-state index contributed by atoms with van der Waals surface area (Å²) in [6.07, 6.45) is 9.02. The van der Waals surface area contributed by atoms with E-state index in [-0.39, 0.29) is 11.6 Å². The first-order chi connectivity index (χ1) is 9.58. The van der Waals surface area contributed by atoms with Gasteiger partial charge < -0.3 is 4.90 Å². The van der Waals surface area contributed by atoms with Crippen LogP contribution in [0.4, 0.5) is 0 Å². The third-order valence-corrected chi connectivity index (χ3v) is 5.13. The van der Waals surface area contributed by atoms with Gasteiger partial charge in [-0.15, -0.1) is 0 Å². The number of nitrogens with one attached hydrogen (secondary N) is 1. The lowest BCUT2D eigenvalue weighted by atomic mass is 9.74. The molecule has 1 heterocycles. The van der Waals surface area contributed by atoms with Crippen molar-refractivity contribution in [2.75, 3.05) is 14.1 Å². The summed E-state index contributed by atoms with van der Waals surface area (Å²) in [5.74, 6) is 5.89. The molecule has 5 heteroatoms. The van der Waals surface area contributed by atoms with Crippen LogP contribution in [0.25, 0.3) is 0 Å². The Morgan fingerprint density at radius 2 is 2.05 bits per heavy atom. The molecule has 0 saturated heterocycles. The van der Waals surface area contributed by atoms with E-state index in [9.17, 15) is 0 Å². The zero-order valence-electron chi connectivity index (χ0n) is 12.4. The molecule has 1 saturated carbocycles. The lowest BCUT2D eigenvalue weighted by molar-refractivity contribution is 0.0565. The number of aromatic nitrogens is 1. The molecule has 0 bridgehead atoms. The number of hydrogen-bond donors (Lipinski definition) is 2. The Hall–Kier alpha value is -0.490. The number of nitrogens with zero attached hydrogens (tertiary/aromatic N) is 2. The zero-order chi connectivity index (χ0) is 14.6. The Balaban J connectivity index is 2.18. The van der Waals surface area contributed by atoms with E-state index in [1.54, 1.807) is 0 Å². The van der Waals surface area contributed by atoms with Crippen LogP contribution in [-0.2, 0) is 6.42 Å². The number of hydrogen-bond acceptors (Lipinski definition) is 4. The maximum Gasteiger partial charge on any atom is 0.0449 e. The van der Waals surface area contributed by atoms with Crippen molar-refractivity contribution in [3.05, 3.63) is 28.5 Å². The molecular weight excluding hydrogens is 316 g/mol. The van der Waals surface area contributed by atoms with Gasteiger partial charge in [-0.05, 0) is 55.0 Å². The molecule has 20 heavy (non-hydrogen) atoms. The molecule has 1 unspecified atom stereocenters. The SMILES string of the molecule is CN(C)C1(C(Cc2ccc(Br)cn2)NN)CCCCC1. The van der Waals surface area contributed by atoms with Crippen molar-refractivity contribution in [1.29, 1.82) is 0 Å². The highest BCUT2D eigenvalue weighted by molar-refractivity contribution is 9.10. The first kappa shape index (κ1) is 15.9. The van der Waals surface area contributed by atoms with Gasteiger partial charge in [0.25, 0.3) is 0 Å². The van der Waals surface area contributed by atoms with Crippen molar-refractivity contribution < 1.29 is 0 Å². The second kappa shape index (κ2) is 6.98. The quantitative estimate of drug-likeness (QED) is 0.638. The minimum atomic E-state index is 0.141. The number of pyridine rings is 1. The molecule has 1 aliphatic carbocycles. The maximum absolute atomic E-state index is 5.89. The summed E-state index contributed by atoms with van der Waals surface area (Å²) in [5, 5.41) is 0. The highest BCUT2D eigenvalue weighted by atomic mass is 79.9. The van der Waals surface area contributed by atoms with Crippen LogP contribution in [0.1, 0.15) is 37.8 Å². The summed E-state index contributed by atoms with van der Waals surface area (Å²) in [5.41, 5.74) is 4.29. The molecule has 2 rings (SSSR count). The molecule has 0 aromatic carbocycles. The van der Waals surface area contributed by atoms with Crippen molar-refractivity contribution in [3.63, 3.8) is 0 Å². The third-order valence-electron chi connectivity index (χ3n) is 4.66. The summed E-state index contributed by atoms with van der Waals surface area (Å²) in [7, 11) is 4.34. The number of nitrogens with two attached hydrogens (primary N) is 1. The van der Waals surface area contributed by atoms with Crippen LogP contribution in [0.2, 0.25) is 0 Å². The van der Waals surface area contributed by atoms with E-state index in [1.165, 1.54) is 32.1 Å². The fourth-order valence-corrected chi connectivity index (χ4v) is 3.65. The maximum atomic E-state index is 5.89. The minimum Gasteiger partial charge on any atom is -0.302 e. The van der Waals surface area contributed by atoms with Crippen molar-refractivity contribution in [3.8, 4) is 0 Å². The molecule has 0 amide bonds. The van der Waals surface area contributed by atoms with Crippen LogP contribution in [0, 0.1) is 0 Å². The van der Waals surface area contributed by atoms with Crippen molar-refractivity contribution in [2.24, 2.45) is 5.84 Å². The minimum absolute atomic E-state index is 0.141. The van der Waals surface area contributed by atoms with Crippen LogP contribution in [0.3, 0.4) is 0 Å². The molecule has 1 aromatic heterocycles. The summed E-state index contributed by atoms with van der Waals surface area (Å²) in [6, 6.07) is 4.34. The molecule has 0 radical (unpaired) electrons. The molecule has 112 valence electrons. The second-order valence-corrected chi connectivity index (χ2v) is 6.87. The van der Waals surface area contributed by atoms with E-state index in [0.29, 0.717) is 0 Å². The van der Waals surface area contributed by atoms with E-state index >= 15 is 0 Å². The standard InChI is InChI=1S/C15H25BrN4/c1-20(2)15(8-4-3-5-9-15)14(19-17)10-13-7-6-12(16)11-18-13/h6-7,11,14,19H,3-5,8-10,17H2,1-2H3. The molecule has 1 fully saturated rings. The Kier molecular flexibility index (Phi) is 5.55. The van der Waals surface area contributed by atoms with E-state index < -0.39 is 0 Å². The number of hydrazine groups is 1. The van der Waals surface area contributed by atoms with Crippen LogP contribution in [0.15, 0.2) is 22.8 Å². The summed E-state index contributed by atoms with van der Waals surface area (Å²) in [4.78, 5) is 6.85. The van der Waals surface area contributed by atoms with Crippen LogP contribution in [-0.4, -0.2) is 35.6 Å². The van der Waals surface area contributed by atoms with Crippen LogP contribution < -0.4 is 11.3 Å². The molecule has 0 aliphatic heterocycles. The average molecular weight is 341 g/mol. The van der Waals surface area contributed by atoms with E-state index in [0.717, 1.165) is 16.6 Å². The molecule has 4 nitrogen and oxygen atoms in total. The van der Waals surface area contributed by atoms with Crippen molar-refractivity contribution in [2.45, 2.75) is 50.1 Å². The molecular formula is C15H25BrN4. The molecule has 3 N–H and O–H groups in total. The number of likely N-dealkylation sites (N-methyl/N-ethyl adjacent to an activating group) is 1. The predicted octanol–water partition coefficient (Wildman–Crippen LogP) is 2.48. The van der Waals surface area contributed by atoms with Crippen LogP contribution >= 0.6 is 15.9 Å². The summed E-state index contributed by atoms with van der Waals surface area (Å²) >= 11 is 3.43. The summed E-state index contributed by atoms with van der Waals surface area (Å²) < 4.78 is 1.01. The molecule has 1 atom stereocenters. The number of halogens is 1. The van der Waals surface area contributed by atoms with Gasteiger partial charge in [-0.25, -0.2) is 0 Å². The van der Waals surface area contributed by atoms with Gasteiger partial charge in [0.1, 0.15) is 0 Å². The zero-order valence-corrected chi connectivity index (χ0v) is 14.0. The Bertz CT molecular complexity index is 412. The first-order valence-electron chi connectivity index (χ1n) is 7.32. The smallest absolute Gasteiger partial charge is 0.0449 e. The molecule has 0 spiro atoms. The Morgan fingerprint density at radius 1 is 1.35 bits per heavy atom. The van der Waals surface area contributed by atoms with Gasteiger partial charge in [-0.3, -0.25) is 16.3 Å². The van der Waals surface area contributed by atoms with Gasteiger partial charge in [0.15, 0.2) is 0 Å². The monoisotopic (exact) mass is 340 g/mol. The highest BCUT2D eigenvalue weighted by Gasteiger charge is 2.41. The fourth-order valence-electron chi connectivity index (χ4n) is 3.41. The van der Waals surface area contributed by atoms with Crippen LogP contribution in [0.5, 0.6) is 0 Å². The summed E-state index contributed by atoms with van der Waals surface area (Å²) in [6.45, 7) is 0. The largest absolute Gasteiger partial charge is 0.302 e. The Morgan fingerprint density at radius 3 is 2.55 bits per heavy atom. The normalized spacial score (nSPS) is 20.1. The fraction of sp³-hybridized carbons (Fsp3) is 0.667. The number of rotatable bonds is 5.